The summed E-state index contributed by atoms with van der Waals surface area (Å²) in [6.07, 6.45) is 9.09. The minimum atomic E-state index is -0.250. The number of benzene rings is 1. The van der Waals surface area contributed by atoms with Crippen molar-refractivity contribution in [2.45, 2.75) is 25.9 Å². The maximum Gasteiger partial charge on any atom is 0.290 e. The SMILES string of the molecule is O=C(NCC1CCN(Cc2cncn2Cc2ccccc2)CC1)c1ccoc1.O=CO. The lowest BCUT2D eigenvalue weighted by atomic mass is 9.96. The number of hydrogen-bond acceptors (Lipinski definition) is 5. The molecule has 0 aliphatic carbocycles. The Morgan fingerprint density at radius 2 is 1.94 bits per heavy atom. The third-order valence-electron chi connectivity index (χ3n) is 5.42. The molecule has 0 spiro atoms. The second-order valence-corrected chi connectivity index (χ2v) is 7.55. The Bertz CT molecular complexity index is 916. The average Bonchev–Trinajstić information content (AvgIpc) is 3.47. The van der Waals surface area contributed by atoms with E-state index in [4.69, 9.17) is 14.3 Å². The first-order chi connectivity index (χ1) is 15.2. The molecule has 0 saturated carbocycles. The maximum absolute atomic E-state index is 12.0. The lowest BCUT2D eigenvalue weighted by Crippen LogP contribution is -2.38. The molecular weight excluding hydrogens is 396 g/mol. The highest BCUT2D eigenvalue weighted by Crippen LogP contribution is 2.19. The van der Waals surface area contributed by atoms with Crippen LogP contribution in [0.5, 0.6) is 0 Å². The van der Waals surface area contributed by atoms with Gasteiger partial charge >= 0.3 is 0 Å². The summed E-state index contributed by atoms with van der Waals surface area (Å²) in [6, 6.07) is 12.2. The number of likely N-dealkylation sites (tertiary alicyclic amines) is 1. The number of rotatable bonds is 7. The fraction of sp³-hybridized carbons (Fsp3) is 0.348. The van der Waals surface area contributed by atoms with E-state index in [1.165, 1.54) is 23.8 Å². The van der Waals surface area contributed by atoms with Crippen molar-refractivity contribution in [1.82, 2.24) is 19.8 Å². The Labute approximate surface area is 181 Å². The second kappa shape index (κ2) is 11.7. The first kappa shape index (κ1) is 22.3. The third kappa shape index (κ3) is 6.82. The number of furan rings is 1. The zero-order chi connectivity index (χ0) is 21.9. The average molecular weight is 425 g/mol. The van der Waals surface area contributed by atoms with Crippen LogP contribution in [0.25, 0.3) is 0 Å². The number of amides is 1. The van der Waals surface area contributed by atoms with Crippen molar-refractivity contribution in [3.05, 3.63) is 78.3 Å². The topological polar surface area (TPSA) is 101 Å². The largest absolute Gasteiger partial charge is 0.483 e. The molecule has 1 aliphatic rings. The first-order valence-electron chi connectivity index (χ1n) is 10.3. The molecule has 1 aliphatic heterocycles. The van der Waals surface area contributed by atoms with Gasteiger partial charge < -0.3 is 19.4 Å². The lowest BCUT2D eigenvalue weighted by molar-refractivity contribution is -0.122. The third-order valence-corrected chi connectivity index (χ3v) is 5.42. The number of hydrogen-bond donors (Lipinski definition) is 2. The van der Waals surface area contributed by atoms with E-state index in [9.17, 15) is 4.79 Å². The molecule has 3 heterocycles. The molecule has 1 fully saturated rings. The summed E-state index contributed by atoms with van der Waals surface area (Å²) >= 11 is 0. The molecule has 1 saturated heterocycles. The maximum atomic E-state index is 12.0. The van der Waals surface area contributed by atoms with Gasteiger partial charge in [-0.1, -0.05) is 30.3 Å². The molecule has 164 valence electrons. The van der Waals surface area contributed by atoms with Crippen LogP contribution in [0.1, 0.15) is 34.5 Å². The number of nitrogens with one attached hydrogen (secondary N) is 1. The highest BCUT2D eigenvalue weighted by molar-refractivity contribution is 5.93. The van der Waals surface area contributed by atoms with Gasteiger partial charge in [-0.05, 0) is 43.5 Å². The molecule has 0 radical (unpaired) electrons. The summed E-state index contributed by atoms with van der Waals surface area (Å²) in [5.74, 6) is 0.474. The molecular formula is C23H28N4O4. The van der Waals surface area contributed by atoms with Crippen molar-refractivity contribution in [3.8, 4) is 0 Å². The lowest BCUT2D eigenvalue weighted by Gasteiger charge is -2.32. The smallest absolute Gasteiger partial charge is 0.290 e. The standard InChI is InChI=1S/C22H26N4O2.CH2O2/c27-22(20-8-11-28-16-20)24-12-18-6-9-25(10-7-18)15-21-13-23-17-26(21)14-19-4-2-1-3-5-19;2-1-3/h1-5,8,11,13,16-18H,6-7,9-10,12,14-15H2,(H,24,27);1H,(H,2,3). The molecule has 0 atom stereocenters. The van der Waals surface area contributed by atoms with Crippen LogP contribution in [0.15, 0.2) is 65.9 Å². The van der Waals surface area contributed by atoms with Crippen LogP contribution in [-0.4, -0.2) is 51.6 Å². The Hall–Kier alpha value is -3.39. The number of carbonyl (C=O) groups excluding carboxylic acids is 1. The van der Waals surface area contributed by atoms with Gasteiger partial charge in [0, 0.05) is 25.8 Å². The first-order valence-corrected chi connectivity index (χ1v) is 10.3. The van der Waals surface area contributed by atoms with Gasteiger partial charge in [0.2, 0.25) is 0 Å². The van der Waals surface area contributed by atoms with Crippen LogP contribution in [0.2, 0.25) is 0 Å². The molecule has 2 aromatic heterocycles. The minimum Gasteiger partial charge on any atom is -0.483 e. The molecule has 1 amide bonds. The van der Waals surface area contributed by atoms with Crippen LogP contribution in [-0.2, 0) is 17.9 Å². The number of carboxylic acid groups (broad SMARTS) is 1. The van der Waals surface area contributed by atoms with Crippen molar-refractivity contribution >= 4 is 12.4 Å². The Morgan fingerprint density at radius 3 is 2.61 bits per heavy atom. The van der Waals surface area contributed by atoms with E-state index in [1.807, 2.05) is 18.6 Å². The van der Waals surface area contributed by atoms with Gasteiger partial charge in [0.25, 0.3) is 12.4 Å². The fourth-order valence-corrected chi connectivity index (χ4v) is 3.71. The van der Waals surface area contributed by atoms with Crippen LogP contribution >= 0.6 is 0 Å². The molecule has 3 aromatic rings. The number of aromatic nitrogens is 2. The molecule has 31 heavy (non-hydrogen) atoms. The monoisotopic (exact) mass is 424 g/mol. The normalized spacial score (nSPS) is 14.5. The Balaban J connectivity index is 0.000000858. The summed E-state index contributed by atoms with van der Waals surface area (Å²) in [7, 11) is 0. The molecule has 4 rings (SSSR count). The van der Waals surface area contributed by atoms with E-state index >= 15 is 0 Å². The van der Waals surface area contributed by atoms with E-state index in [-0.39, 0.29) is 12.4 Å². The van der Waals surface area contributed by atoms with Crippen LogP contribution in [0.3, 0.4) is 0 Å². The number of carbonyl (C=O) groups is 2. The Morgan fingerprint density at radius 1 is 1.19 bits per heavy atom. The van der Waals surface area contributed by atoms with Crippen molar-refractivity contribution < 1.29 is 19.1 Å². The number of piperidine rings is 1. The number of nitrogens with zero attached hydrogens (tertiary/aromatic N) is 3. The van der Waals surface area contributed by atoms with Gasteiger partial charge in [-0.3, -0.25) is 14.5 Å². The summed E-state index contributed by atoms with van der Waals surface area (Å²) in [5, 5.41) is 9.91. The van der Waals surface area contributed by atoms with E-state index in [0.29, 0.717) is 11.5 Å². The summed E-state index contributed by atoms with van der Waals surface area (Å²) in [6.45, 7) is 4.34. The quantitative estimate of drug-likeness (QED) is 0.566. The van der Waals surface area contributed by atoms with Gasteiger partial charge in [-0.15, -0.1) is 0 Å². The highest BCUT2D eigenvalue weighted by Gasteiger charge is 2.21. The highest BCUT2D eigenvalue weighted by atomic mass is 16.3. The molecule has 1 aromatic carbocycles. The van der Waals surface area contributed by atoms with Crippen molar-refractivity contribution in [2.24, 2.45) is 5.92 Å². The van der Waals surface area contributed by atoms with Crippen molar-refractivity contribution in [1.29, 1.82) is 0 Å². The molecule has 0 bridgehead atoms. The van der Waals surface area contributed by atoms with E-state index in [0.717, 1.165) is 45.6 Å². The predicted molar refractivity (Wildman–Crippen MR) is 116 cm³/mol. The van der Waals surface area contributed by atoms with Crippen LogP contribution in [0, 0.1) is 5.92 Å². The van der Waals surface area contributed by atoms with Gasteiger partial charge in [-0.2, -0.15) is 0 Å². The van der Waals surface area contributed by atoms with Gasteiger partial charge in [0.15, 0.2) is 0 Å². The van der Waals surface area contributed by atoms with E-state index in [2.05, 4.69) is 44.0 Å². The molecule has 8 nitrogen and oxygen atoms in total. The Kier molecular flexibility index (Phi) is 8.42. The zero-order valence-corrected chi connectivity index (χ0v) is 17.4. The summed E-state index contributed by atoms with van der Waals surface area (Å²) in [4.78, 5) is 27.2. The fourth-order valence-electron chi connectivity index (χ4n) is 3.71. The molecule has 2 N–H and O–H groups in total. The molecule has 8 heteroatoms. The van der Waals surface area contributed by atoms with Gasteiger partial charge in [-0.25, -0.2) is 4.98 Å². The summed E-state index contributed by atoms with van der Waals surface area (Å²) < 4.78 is 7.19. The van der Waals surface area contributed by atoms with E-state index < -0.39 is 0 Å². The van der Waals surface area contributed by atoms with E-state index in [1.54, 1.807) is 6.07 Å². The predicted octanol–water partition coefficient (Wildman–Crippen LogP) is 2.87. The zero-order valence-electron chi connectivity index (χ0n) is 17.4. The minimum absolute atomic E-state index is 0.0546. The summed E-state index contributed by atoms with van der Waals surface area (Å²) in [5.41, 5.74) is 3.12. The van der Waals surface area contributed by atoms with Crippen LogP contribution in [0.4, 0.5) is 0 Å². The second-order valence-electron chi connectivity index (χ2n) is 7.55. The van der Waals surface area contributed by atoms with Gasteiger partial charge in [0.05, 0.1) is 23.8 Å². The van der Waals surface area contributed by atoms with Crippen molar-refractivity contribution in [2.75, 3.05) is 19.6 Å². The molecule has 0 unspecified atom stereocenters. The number of imidazole rings is 1. The van der Waals surface area contributed by atoms with Gasteiger partial charge in [0.1, 0.15) is 6.26 Å². The van der Waals surface area contributed by atoms with Crippen molar-refractivity contribution in [3.63, 3.8) is 0 Å². The van der Waals surface area contributed by atoms with Crippen LogP contribution < -0.4 is 5.32 Å².